The lowest BCUT2D eigenvalue weighted by molar-refractivity contribution is -0.141. The number of rotatable bonds is 5. The van der Waals surface area contributed by atoms with Gasteiger partial charge in [0.15, 0.2) is 0 Å². The van der Waals surface area contributed by atoms with E-state index in [0.717, 1.165) is 5.56 Å². The van der Waals surface area contributed by atoms with Gasteiger partial charge in [-0.25, -0.2) is 4.39 Å². The van der Waals surface area contributed by atoms with Gasteiger partial charge in [-0.15, -0.1) is 0 Å². The molecule has 0 bridgehead atoms. The van der Waals surface area contributed by atoms with E-state index in [9.17, 15) is 14.3 Å². The van der Waals surface area contributed by atoms with Crippen molar-refractivity contribution in [1.82, 2.24) is 0 Å². The standard InChI is InChI=1S/C16H14BrFO2/c17-14-7-6-12(15(18)10-14)9-13(16(19)20)8-11-4-2-1-3-5-11/h1-7,10,13H,8-9H2,(H,19,20). The van der Waals surface area contributed by atoms with Gasteiger partial charge in [0.2, 0.25) is 0 Å². The molecule has 0 aromatic heterocycles. The molecule has 0 aliphatic carbocycles. The van der Waals surface area contributed by atoms with Crippen LogP contribution in [-0.4, -0.2) is 11.1 Å². The zero-order valence-electron chi connectivity index (χ0n) is 10.7. The lowest BCUT2D eigenvalue weighted by Crippen LogP contribution is -2.19. The first-order chi connectivity index (χ1) is 9.56. The Morgan fingerprint density at radius 2 is 1.85 bits per heavy atom. The van der Waals surface area contributed by atoms with Crippen molar-refractivity contribution in [3.8, 4) is 0 Å². The highest BCUT2D eigenvalue weighted by molar-refractivity contribution is 9.10. The van der Waals surface area contributed by atoms with Crippen LogP contribution in [0.5, 0.6) is 0 Å². The van der Waals surface area contributed by atoms with E-state index < -0.39 is 11.9 Å². The van der Waals surface area contributed by atoms with E-state index in [1.54, 1.807) is 12.1 Å². The summed E-state index contributed by atoms with van der Waals surface area (Å²) >= 11 is 3.19. The smallest absolute Gasteiger partial charge is 0.307 e. The number of halogens is 2. The van der Waals surface area contributed by atoms with Gasteiger partial charge in [0.05, 0.1) is 5.92 Å². The quantitative estimate of drug-likeness (QED) is 0.893. The van der Waals surface area contributed by atoms with Crippen LogP contribution in [0.15, 0.2) is 53.0 Å². The number of hydrogen-bond acceptors (Lipinski definition) is 1. The van der Waals surface area contributed by atoms with Crippen molar-refractivity contribution in [1.29, 1.82) is 0 Å². The molecule has 20 heavy (non-hydrogen) atoms. The first-order valence-corrected chi connectivity index (χ1v) is 7.06. The second kappa shape index (κ2) is 6.66. The van der Waals surface area contributed by atoms with Gasteiger partial charge >= 0.3 is 5.97 Å². The summed E-state index contributed by atoms with van der Waals surface area (Å²) in [4.78, 5) is 11.4. The van der Waals surface area contributed by atoms with Crippen LogP contribution in [0, 0.1) is 11.7 Å². The van der Waals surface area contributed by atoms with Crippen LogP contribution >= 0.6 is 15.9 Å². The van der Waals surface area contributed by atoms with Crippen molar-refractivity contribution in [2.45, 2.75) is 12.8 Å². The molecule has 2 aromatic carbocycles. The highest BCUT2D eigenvalue weighted by Gasteiger charge is 2.20. The van der Waals surface area contributed by atoms with Crippen LogP contribution in [-0.2, 0) is 17.6 Å². The Morgan fingerprint density at radius 3 is 2.45 bits per heavy atom. The van der Waals surface area contributed by atoms with Crippen molar-refractivity contribution in [2.75, 3.05) is 0 Å². The van der Waals surface area contributed by atoms with Gasteiger partial charge in [-0.1, -0.05) is 52.3 Å². The molecule has 2 aromatic rings. The number of aliphatic carboxylic acids is 1. The molecule has 0 radical (unpaired) electrons. The van der Waals surface area contributed by atoms with Crippen molar-refractivity contribution >= 4 is 21.9 Å². The fraction of sp³-hybridized carbons (Fsp3) is 0.188. The number of hydrogen-bond donors (Lipinski definition) is 1. The summed E-state index contributed by atoms with van der Waals surface area (Å²) in [5.74, 6) is -1.91. The van der Waals surface area contributed by atoms with E-state index in [1.807, 2.05) is 30.3 Å². The van der Waals surface area contributed by atoms with Crippen molar-refractivity contribution in [2.24, 2.45) is 5.92 Å². The van der Waals surface area contributed by atoms with Crippen LogP contribution in [0.1, 0.15) is 11.1 Å². The van der Waals surface area contributed by atoms with Gasteiger partial charge in [-0.3, -0.25) is 4.79 Å². The van der Waals surface area contributed by atoms with Crippen molar-refractivity contribution in [3.63, 3.8) is 0 Å². The summed E-state index contributed by atoms with van der Waals surface area (Å²) in [5, 5.41) is 9.31. The molecule has 0 saturated heterocycles. The zero-order valence-corrected chi connectivity index (χ0v) is 12.3. The lowest BCUT2D eigenvalue weighted by Gasteiger charge is -2.13. The van der Waals surface area contributed by atoms with Crippen LogP contribution in [0.2, 0.25) is 0 Å². The van der Waals surface area contributed by atoms with Gasteiger partial charge in [-0.05, 0) is 36.1 Å². The second-order valence-electron chi connectivity index (χ2n) is 4.66. The third-order valence-corrected chi connectivity index (χ3v) is 3.65. The minimum Gasteiger partial charge on any atom is -0.481 e. The van der Waals surface area contributed by atoms with Gasteiger partial charge in [0.1, 0.15) is 5.82 Å². The molecule has 0 aliphatic rings. The predicted molar refractivity (Wildman–Crippen MR) is 79.1 cm³/mol. The Hall–Kier alpha value is -1.68. The molecule has 0 amide bonds. The van der Waals surface area contributed by atoms with Gasteiger partial charge in [-0.2, -0.15) is 0 Å². The largest absolute Gasteiger partial charge is 0.481 e. The van der Waals surface area contributed by atoms with E-state index >= 15 is 0 Å². The lowest BCUT2D eigenvalue weighted by atomic mass is 9.92. The van der Waals surface area contributed by atoms with Crippen molar-refractivity contribution in [3.05, 3.63) is 69.9 Å². The average molecular weight is 337 g/mol. The molecule has 4 heteroatoms. The summed E-state index contributed by atoms with van der Waals surface area (Å²) < 4.78 is 14.4. The van der Waals surface area contributed by atoms with Gasteiger partial charge in [0, 0.05) is 4.47 Å². The van der Waals surface area contributed by atoms with Crippen LogP contribution in [0.4, 0.5) is 4.39 Å². The van der Waals surface area contributed by atoms with Crippen LogP contribution in [0.3, 0.4) is 0 Å². The van der Waals surface area contributed by atoms with E-state index in [2.05, 4.69) is 15.9 Å². The summed E-state index contributed by atoms with van der Waals surface area (Å²) in [6, 6.07) is 14.1. The Bertz CT molecular complexity index is 599. The topological polar surface area (TPSA) is 37.3 Å². The van der Waals surface area contributed by atoms with Crippen molar-refractivity contribution < 1.29 is 14.3 Å². The van der Waals surface area contributed by atoms with Gasteiger partial charge in [0.25, 0.3) is 0 Å². The molecule has 0 fully saturated rings. The highest BCUT2D eigenvalue weighted by atomic mass is 79.9. The maximum atomic E-state index is 13.8. The molecule has 0 spiro atoms. The second-order valence-corrected chi connectivity index (χ2v) is 5.58. The number of carboxylic acid groups (broad SMARTS) is 1. The maximum Gasteiger partial charge on any atom is 0.307 e. The third kappa shape index (κ3) is 3.90. The molecule has 1 N–H and O–H groups in total. The molecule has 0 heterocycles. The van der Waals surface area contributed by atoms with E-state index in [-0.39, 0.29) is 12.2 Å². The zero-order chi connectivity index (χ0) is 14.5. The fourth-order valence-electron chi connectivity index (χ4n) is 2.10. The predicted octanol–water partition coefficient (Wildman–Crippen LogP) is 4.07. The van der Waals surface area contributed by atoms with Crippen LogP contribution in [0.25, 0.3) is 0 Å². The Kier molecular flexibility index (Phi) is 4.90. The summed E-state index contributed by atoms with van der Waals surface area (Å²) in [6.07, 6.45) is 0.578. The molecular formula is C16H14BrFO2. The monoisotopic (exact) mass is 336 g/mol. The first-order valence-electron chi connectivity index (χ1n) is 6.27. The van der Waals surface area contributed by atoms with Crippen LogP contribution < -0.4 is 0 Å². The Balaban J connectivity index is 2.15. The summed E-state index contributed by atoms with van der Waals surface area (Å²) in [7, 11) is 0. The van der Waals surface area contributed by atoms with E-state index in [4.69, 9.17) is 0 Å². The van der Waals surface area contributed by atoms with E-state index in [1.165, 1.54) is 6.07 Å². The molecule has 0 saturated carbocycles. The third-order valence-electron chi connectivity index (χ3n) is 3.16. The Labute approximate surface area is 125 Å². The fourth-order valence-corrected chi connectivity index (χ4v) is 2.43. The minimum absolute atomic E-state index is 0.184. The molecule has 1 unspecified atom stereocenters. The summed E-state index contributed by atoms with van der Waals surface area (Å²) in [5.41, 5.74) is 1.37. The number of carbonyl (C=O) groups is 1. The molecule has 2 rings (SSSR count). The molecular weight excluding hydrogens is 323 g/mol. The normalized spacial score (nSPS) is 12.1. The minimum atomic E-state index is -0.906. The summed E-state index contributed by atoms with van der Waals surface area (Å²) in [6.45, 7) is 0. The molecule has 104 valence electrons. The maximum absolute atomic E-state index is 13.8. The van der Waals surface area contributed by atoms with E-state index in [0.29, 0.717) is 16.5 Å². The van der Waals surface area contributed by atoms with Gasteiger partial charge < -0.3 is 5.11 Å². The molecule has 2 nitrogen and oxygen atoms in total. The molecule has 0 aliphatic heterocycles. The Morgan fingerprint density at radius 1 is 1.15 bits per heavy atom. The highest BCUT2D eigenvalue weighted by Crippen LogP contribution is 2.20. The SMILES string of the molecule is O=C(O)C(Cc1ccccc1)Cc1ccc(Br)cc1F. The first kappa shape index (κ1) is 14.7. The molecule has 1 atom stereocenters. The average Bonchev–Trinajstić information content (AvgIpc) is 2.42. The number of carboxylic acids is 1. The number of benzene rings is 2.